The number of halogens is 3. The summed E-state index contributed by atoms with van der Waals surface area (Å²) in [5.41, 5.74) is 0.351. The smallest absolute Gasteiger partial charge is 0.405 e. The van der Waals surface area contributed by atoms with E-state index in [1.54, 1.807) is 6.92 Å². The summed E-state index contributed by atoms with van der Waals surface area (Å²) in [6.07, 6.45) is -3.67. The van der Waals surface area contributed by atoms with Gasteiger partial charge in [0.25, 0.3) is 0 Å². The number of aromatic carboxylic acids is 1. The highest BCUT2D eigenvalue weighted by molar-refractivity contribution is 7.17. The van der Waals surface area contributed by atoms with E-state index >= 15 is 0 Å². The number of carbonyl (C=O) groups is 1. The molecule has 0 aliphatic heterocycles. The molecule has 0 aliphatic carbocycles. The highest BCUT2D eigenvalue weighted by atomic mass is 32.1. The fourth-order valence-electron chi connectivity index (χ4n) is 1.50. The quantitative estimate of drug-likeness (QED) is 0.905. The van der Waals surface area contributed by atoms with Crippen molar-refractivity contribution in [1.82, 2.24) is 4.98 Å². The third-order valence-electron chi connectivity index (χ3n) is 2.66. The molecule has 8 heteroatoms. The van der Waals surface area contributed by atoms with Crippen molar-refractivity contribution in [2.24, 2.45) is 0 Å². The lowest BCUT2D eigenvalue weighted by molar-refractivity contribution is -0.119. The zero-order valence-corrected chi connectivity index (χ0v) is 11.6. The van der Waals surface area contributed by atoms with Gasteiger partial charge in [0, 0.05) is 7.05 Å². The predicted octanol–water partition coefficient (Wildman–Crippen LogP) is 3.35. The number of anilines is 1. The van der Waals surface area contributed by atoms with Gasteiger partial charge in [-0.2, -0.15) is 13.2 Å². The molecule has 0 aromatic carbocycles. The summed E-state index contributed by atoms with van der Waals surface area (Å²) in [5.74, 6) is -1.25. The van der Waals surface area contributed by atoms with Crippen LogP contribution in [-0.4, -0.2) is 35.8 Å². The summed E-state index contributed by atoms with van der Waals surface area (Å²) in [5, 5.41) is 9.14. The molecule has 0 fully saturated rings. The molecular weight excluding hydrogens is 281 g/mol. The van der Waals surface area contributed by atoms with Crippen LogP contribution in [0.15, 0.2) is 0 Å². The van der Waals surface area contributed by atoms with E-state index in [2.05, 4.69) is 4.98 Å². The van der Waals surface area contributed by atoms with E-state index in [-0.39, 0.29) is 15.9 Å². The van der Waals surface area contributed by atoms with Gasteiger partial charge < -0.3 is 10.0 Å². The number of carboxylic acid groups (broad SMARTS) is 1. The molecule has 1 atom stereocenters. The van der Waals surface area contributed by atoms with Crippen LogP contribution in [0, 0.1) is 0 Å². The molecule has 0 radical (unpaired) electrons. The van der Waals surface area contributed by atoms with Gasteiger partial charge in [-0.1, -0.05) is 25.2 Å². The van der Waals surface area contributed by atoms with Crippen LogP contribution in [0.4, 0.5) is 18.3 Å². The van der Waals surface area contributed by atoms with Crippen molar-refractivity contribution >= 4 is 22.4 Å². The van der Waals surface area contributed by atoms with Gasteiger partial charge in [-0.25, -0.2) is 9.78 Å². The lowest BCUT2D eigenvalue weighted by atomic mass is 10.0. The number of thiazole rings is 1. The molecule has 0 saturated heterocycles. The second kappa shape index (κ2) is 5.77. The summed E-state index contributed by atoms with van der Waals surface area (Å²) in [6, 6.07) is 0. The Hall–Kier alpha value is -1.31. The molecule has 1 aromatic heterocycles. The van der Waals surface area contributed by atoms with Gasteiger partial charge in [0.1, 0.15) is 11.4 Å². The fraction of sp³-hybridized carbons (Fsp3) is 0.636. The molecule has 1 rings (SSSR count). The Labute approximate surface area is 112 Å². The van der Waals surface area contributed by atoms with Crippen LogP contribution in [0.5, 0.6) is 0 Å². The highest BCUT2D eigenvalue weighted by Gasteiger charge is 2.31. The van der Waals surface area contributed by atoms with Crippen LogP contribution in [-0.2, 0) is 0 Å². The van der Waals surface area contributed by atoms with Crippen molar-refractivity contribution in [3.63, 3.8) is 0 Å². The molecule has 0 spiro atoms. The average Bonchev–Trinajstić information content (AvgIpc) is 2.70. The standard InChI is InChI=1S/C11H15F3N2O2S/c1-4-6(2)7-8(9(17)18)19-10(15-7)16(3)5-11(12,13)14/h6H,4-5H2,1-3H3,(H,17,18). The third kappa shape index (κ3) is 4.09. The van der Waals surface area contributed by atoms with Crippen LogP contribution in [0.3, 0.4) is 0 Å². The molecule has 1 unspecified atom stereocenters. The van der Waals surface area contributed by atoms with E-state index in [1.807, 2.05) is 6.92 Å². The van der Waals surface area contributed by atoms with Crippen molar-refractivity contribution in [3.8, 4) is 0 Å². The molecule has 1 N–H and O–H groups in total. The van der Waals surface area contributed by atoms with Crippen molar-refractivity contribution in [2.45, 2.75) is 32.4 Å². The molecule has 0 amide bonds. The van der Waals surface area contributed by atoms with Gasteiger partial charge in [0.05, 0.1) is 5.69 Å². The van der Waals surface area contributed by atoms with Crippen LogP contribution >= 0.6 is 11.3 Å². The molecule has 0 aliphatic rings. The maximum absolute atomic E-state index is 12.3. The second-order valence-electron chi connectivity index (χ2n) is 4.30. The van der Waals surface area contributed by atoms with Gasteiger partial charge in [-0.3, -0.25) is 0 Å². The summed E-state index contributed by atoms with van der Waals surface area (Å²) >= 11 is 0.775. The first-order valence-electron chi connectivity index (χ1n) is 5.67. The van der Waals surface area contributed by atoms with Crippen molar-refractivity contribution < 1.29 is 23.1 Å². The van der Waals surface area contributed by atoms with Crippen molar-refractivity contribution in [3.05, 3.63) is 10.6 Å². The van der Waals surface area contributed by atoms with Gasteiger partial charge in [0.2, 0.25) is 0 Å². The summed E-state index contributed by atoms with van der Waals surface area (Å²) < 4.78 is 36.9. The van der Waals surface area contributed by atoms with E-state index in [1.165, 1.54) is 7.05 Å². The minimum absolute atomic E-state index is 0.0124. The molecule has 0 saturated carbocycles. The second-order valence-corrected chi connectivity index (χ2v) is 5.27. The Bertz CT molecular complexity index is 459. The van der Waals surface area contributed by atoms with E-state index < -0.39 is 18.7 Å². The van der Waals surface area contributed by atoms with E-state index in [0.717, 1.165) is 16.2 Å². The number of carboxylic acids is 1. The van der Waals surface area contributed by atoms with Crippen molar-refractivity contribution in [1.29, 1.82) is 0 Å². The minimum atomic E-state index is -4.35. The molecular formula is C11H15F3N2O2S. The molecule has 0 bridgehead atoms. The number of nitrogens with zero attached hydrogens (tertiary/aromatic N) is 2. The van der Waals surface area contributed by atoms with Crippen LogP contribution in [0.1, 0.15) is 41.6 Å². The first-order valence-corrected chi connectivity index (χ1v) is 6.49. The maximum atomic E-state index is 12.3. The summed E-state index contributed by atoms with van der Waals surface area (Å²) in [4.78, 5) is 16.1. The topological polar surface area (TPSA) is 53.4 Å². The lowest BCUT2D eigenvalue weighted by Crippen LogP contribution is -2.30. The van der Waals surface area contributed by atoms with Gasteiger partial charge in [-0.05, 0) is 12.3 Å². The summed E-state index contributed by atoms with van der Waals surface area (Å²) in [7, 11) is 1.25. The van der Waals surface area contributed by atoms with E-state index in [4.69, 9.17) is 5.11 Å². The van der Waals surface area contributed by atoms with Gasteiger partial charge >= 0.3 is 12.1 Å². The zero-order valence-electron chi connectivity index (χ0n) is 10.8. The highest BCUT2D eigenvalue weighted by Crippen LogP contribution is 2.32. The van der Waals surface area contributed by atoms with Crippen LogP contribution in [0.2, 0.25) is 0 Å². The van der Waals surface area contributed by atoms with E-state index in [0.29, 0.717) is 12.1 Å². The Morgan fingerprint density at radius 1 is 1.53 bits per heavy atom. The Morgan fingerprint density at radius 3 is 2.53 bits per heavy atom. The molecule has 1 heterocycles. The van der Waals surface area contributed by atoms with Crippen LogP contribution < -0.4 is 4.90 Å². The normalized spacial score (nSPS) is 13.4. The minimum Gasteiger partial charge on any atom is -0.477 e. The Kier molecular flexibility index (Phi) is 4.78. The molecule has 108 valence electrons. The van der Waals surface area contributed by atoms with Crippen LogP contribution in [0.25, 0.3) is 0 Å². The number of aromatic nitrogens is 1. The number of hydrogen-bond donors (Lipinski definition) is 1. The monoisotopic (exact) mass is 296 g/mol. The zero-order chi connectivity index (χ0) is 14.8. The molecule has 1 aromatic rings. The van der Waals surface area contributed by atoms with Crippen molar-refractivity contribution in [2.75, 3.05) is 18.5 Å². The first-order chi connectivity index (χ1) is 8.65. The first kappa shape index (κ1) is 15.7. The molecule has 4 nitrogen and oxygen atoms in total. The third-order valence-corrected chi connectivity index (χ3v) is 3.83. The number of hydrogen-bond acceptors (Lipinski definition) is 4. The Morgan fingerprint density at radius 2 is 2.11 bits per heavy atom. The summed E-state index contributed by atoms with van der Waals surface area (Å²) in [6.45, 7) is 2.52. The van der Waals surface area contributed by atoms with Gasteiger partial charge in [0.15, 0.2) is 5.13 Å². The molecule has 19 heavy (non-hydrogen) atoms. The number of alkyl halides is 3. The fourth-order valence-corrected chi connectivity index (χ4v) is 2.49. The van der Waals surface area contributed by atoms with Gasteiger partial charge in [-0.15, -0.1) is 0 Å². The predicted molar refractivity (Wildman–Crippen MR) is 67.1 cm³/mol. The number of rotatable bonds is 5. The average molecular weight is 296 g/mol. The largest absolute Gasteiger partial charge is 0.477 e. The SMILES string of the molecule is CCC(C)c1nc(N(C)CC(F)(F)F)sc1C(=O)O. The Balaban J connectivity index is 3.07. The van der Waals surface area contributed by atoms with E-state index in [9.17, 15) is 18.0 Å². The lowest BCUT2D eigenvalue weighted by Gasteiger charge is -2.17. The maximum Gasteiger partial charge on any atom is 0.405 e.